The van der Waals surface area contributed by atoms with E-state index in [1.165, 1.54) is 6.33 Å². The molecule has 1 unspecified atom stereocenters. The van der Waals surface area contributed by atoms with E-state index >= 15 is 0 Å². The number of carbonyl (C=O) groups excluding carboxylic acids is 1. The molecule has 0 aliphatic carbocycles. The fraction of sp³-hybridized carbons (Fsp3) is 0.643. The first-order chi connectivity index (χ1) is 10.3. The molecular weight excluding hydrogens is 270 g/mol. The molecule has 3 heterocycles. The minimum atomic E-state index is 0.0424. The van der Waals surface area contributed by atoms with Crippen molar-refractivity contribution in [1.29, 1.82) is 0 Å². The van der Waals surface area contributed by atoms with Crippen molar-refractivity contribution in [2.45, 2.75) is 18.9 Å². The second kappa shape index (κ2) is 6.26. The van der Waals surface area contributed by atoms with Crippen molar-refractivity contribution >= 4 is 11.7 Å². The summed E-state index contributed by atoms with van der Waals surface area (Å²) in [6, 6.07) is 1.89. The van der Waals surface area contributed by atoms with Gasteiger partial charge in [0.25, 0.3) is 0 Å². The number of methoxy groups -OCH3 is 1. The van der Waals surface area contributed by atoms with Gasteiger partial charge in [-0.25, -0.2) is 9.97 Å². The van der Waals surface area contributed by atoms with Gasteiger partial charge in [0.2, 0.25) is 11.8 Å². The Balaban J connectivity index is 1.60. The number of hydrogen-bond donors (Lipinski definition) is 1. The molecule has 7 heteroatoms. The van der Waals surface area contributed by atoms with Crippen molar-refractivity contribution < 1.29 is 9.53 Å². The highest BCUT2D eigenvalue weighted by molar-refractivity contribution is 5.82. The lowest BCUT2D eigenvalue weighted by Crippen LogP contribution is -2.56. The topological polar surface area (TPSA) is 70.6 Å². The van der Waals surface area contributed by atoms with Gasteiger partial charge < -0.3 is 15.0 Å². The fourth-order valence-corrected chi connectivity index (χ4v) is 2.98. The van der Waals surface area contributed by atoms with Crippen LogP contribution in [0.3, 0.4) is 0 Å². The van der Waals surface area contributed by atoms with Crippen LogP contribution < -0.4 is 15.0 Å². The molecule has 1 atom stereocenters. The third kappa shape index (κ3) is 3.07. The predicted octanol–water partition coefficient (Wildman–Crippen LogP) is -0.114. The van der Waals surface area contributed by atoms with Gasteiger partial charge in [-0.05, 0) is 12.8 Å². The highest BCUT2D eigenvalue weighted by Gasteiger charge is 2.30. The number of hydrogen-bond acceptors (Lipinski definition) is 6. The average Bonchev–Trinajstić information content (AvgIpc) is 2.56. The molecule has 0 aromatic carbocycles. The van der Waals surface area contributed by atoms with Crippen molar-refractivity contribution in [2.75, 3.05) is 44.7 Å². The Morgan fingerprint density at radius 2 is 2.10 bits per heavy atom. The molecule has 0 bridgehead atoms. The predicted molar refractivity (Wildman–Crippen MR) is 78.4 cm³/mol. The summed E-state index contributed by atoms with van der Waals surface area (Å²) in [5.41, 5.74) is 0. The van der Waals surface area contributed by atoms with Crippen LogP contribution in [0.25, 0.3) is 0 Å². The molecule has 7 nitrogen and oxygen atoms in total. The van der Waals surface area contributed by atoms with Crippen molar-refractivity contribution in [3.8, 4) is 5.88 Å². The van der Waals surface area contributed by atoms with E-state index in [0.29, 0.717) is 5.88 Å². The Labute approximate surface area is 124 Å². The number of piperidine rings is 1. The number of ether oxygens (including phenoxy) is 1. The number of rotatable bonds is 3. The Morgan fingerprint density at radius 3 is 2.81 bits per heavy atom. The third-order valence-electron chi connectivity index (χ3n) is 4.17. The van der Waals surface area contributed by atoms with Gasteiger partial charge in [-0.1, -0.05) is 0 Å². The van der Waals surface area contributed by atoms with Gasteiger partial charge in [0.15, 0.2) is 0 Å². The Bertz CT molecular complexity index is 502. The van der Waals surface area contributed by atoms with Crippen LogP contribution >= 0.6 is 0 Å². The van der Waals surface area contributed by atoms with Gasteiger partial charge in [-0.3, -0.25) is 9.69 Å². The Morgan fingerprint density at radius 1 is 1.29 bits per heavy atom. The van der Waals surface area contributed by atoms with E-state index in [-0.39, 0.29) is 11.9 Å². The zero-order valence-corrected chi connectivity index (χ0v) is 12.3. The van der Waals surface area contributed by atoms with Crippen LogP contribution in [0.2, 0.25) is 0 Å². The van der Waals surface area contributed by atoms with Gasteiger partial charge in [-0.2, -0.15) is 0 Å². The summed E-state index contributed by atoms with van der Waals surface area (Å²) in [5.74, 6) is 1.64. The molecule has 1 amide bonds. The number of nitrogens with one attached hydrogen (secondary N) is 1. The summed E-state index contributed by atoms with van der Waals surface area (Å²) >= 11 is 0. The first-order valence-corrected chi connectivity index (χ1v) is 7.40. The lowest BCUT2D eigenvalue weighted by atomic mass is 10.0. The van der Waals surface area contributed by atoms with E-state index in [9.17, 15) is 4.79 Å². The molecule has 1 aromatic rings. The van der Waals surface area contributed by atoms with Crippen LogP contribution in [0.4, 0.5) is 5.82 Å². The fourth-order valence-electron chi connectivity index (χ4n) is 2.98. The maximum atomic E-state index is 11.9. The molecule has 21 heavy (non-hydrogen) atoms. The van der Waals surface area contributed by atoms with Crippen LogP contribution in [0, 0.1) is 0 Å². The van der Waals surface area contributed by atoms with Gasteiger partial charge in [0.1, 0.15) is 12.1 Å². The molecule has 1 N–H and O–H groups in total. The zero-order valence-electron chi connectivity index (χ0n) is 12.3. The molecule has 3 rings (SSSR count). The SMILES string of the molecule is COc1cc(N2CCN(C3CCCNC3=O)CC2)ncn1. The zero-order chi connectivity index (χ0) is 14.7. The number of aromatic nitrogens is 2. The van der Waals surface area contributed by atoms with Gasteiger partial charge in [0.05, 0.1) is 13.2 Å². The Hall–Kier alpha value is -1.89. The van der Waals surface area contributed by atoms with Crippen LogP contribution in [0.5, 0.6) is 5.88 Å². The number of anilines is 1. The highest BCUT2D eigenvalue weighted by atomic mass is 16.5. The van der Waals surface area contributed by atoms with E-state index in [1.54, 1.807) is 7.11 Å². The normalized spacial score (nSPS) is 23.8. The molecule has 0 saturated carbocycles. The molecule has 2 fully saturated rings. The summed E-state index contributed by atoms with van der Waals surface area (Å²) in [6.45, 7) is 4.30. The van der Waals surface area contributed by atoms with E-state index in [1.807, 2.05) is 6.07 Å². The molecule has 1 aromatic heterocycles. The minimum absolute atomic E-state index is 0.0424. The second-order valence-electron chi connectivity index (χ2n) is 5.39. The van der Waals surface area contributed by atoms with Crippen molar-refractivity contribution in [2.24, 2.45) is 0 Å². The lowest BCUT2D eigenvalue weighted by Gasteiger charge is -2.40. The smallest absolute Gasteiger partial charge is 0.237 e. The maximum absolute atomic E-state index is 11.9. The molecule has 0 radical (unpaired) electrons. The summed E-state index contributed by atoms with van der Waals surface area (Å²) in [7, 11) is 1.60. The number of carbonyl (C=O) groups is 1. The van der Waals surface area contributed by atoms with E-state index < -0.39 is 0 Å². The van der Waals surface area contributed by atoms with E-state index in [2.05, 4.69) is 25.1 Å². The quantitative estimate of drug-likeness (QED) is 0.837. The van der Waals surface area contributed by atoms with Crippen LogP contribution in [-0.2, 0) is 4.79 Å². The summed E-state index contributed by atoms with van der Waals surface area (Å²) in [5, 5.41) is 2.96. The molecule has 2 aliphatic rings. The molecule has 114 valence electrons. The first kappa shape index (κ1) is 14.1. The molecule has 0 spiro atoms. The second-order valence-corrected chi connectivity index (χ2v) is 5.39. The number of nitrogens with zero attached hydrogens (tertiary/aromatic N) is 4. The van der Waals surface area contributed by atoms with Crippen molar-refractivity contribution in [3.63, 3.8) is 0 Å². The lowest BCUT2D eigenvalue weighted by molar-refractivity contribution is -0.128. The van der Waals surface area contributed by atoms with Crippen LogP contribution in [0.15, 0.2) is 12.4 Å². The summed E-state index contributed by atoms with van der Waals surface area (Å²) in [6.07, 6.45) is 3.56. The Kier molecular flexibility index (Phi) is 4.19. The van der Waals surface area contributed by atoms with Crippen molar-refractivity contribution in [1.82, 2.24) is 20.2 Å². The maximum Gasteiger partial charge on any atom is 0.237 e. The minimum Gasteiger partial charge on any atom is -0.481 e. The third-order valence-corrected chi connectivity index (χ3v) is 4.17. The summed E-state index contributed by atoms with van der Waals surface area (Å²) in [4.78, 5) is 24.7. The summed E-state index contributed by atoms with van der Waals surface area (Å²) < 4.78 is 5.13. The van der Waals surface area contributed by atoms with Gasteiger partial charge in [-0.15, -0.1) is 0 Å². The van der Waals surface area contributed by atoms with Crippen LogP contribution in [0.1, 0.15) is 12.8 Å². The molecular formula is C14H21N5O2. The number of piperazine rings is 1. The van der Waals surface area contributed by atoms with Gasteiger partial charge in [0, 0.05) is 38.8 Å². The molecule has 2 saturated heterocycles. The number of amides is 1. The van der Waals surface area contributed by atoms with Crippen molar-refractivity contribution in [3.05, 3.63) is 12.4 Å². The first-order valence-electron chi connectivity index (χ1n) is 7.40. The molecule has 2 aliphatic heterocycles. The van der Waals surface area contributed by atoms with Gasteiger partial charge >= 0.3 is 0 Å². The average molecular weight is 291 g/mol. The standard InChI is InChI=1S/C14H21N5O2/c1-21-13-9-12(16-10-17-13)19-7-5-18(6-8-19)11-3-2-4-15-14(11)20/h9-11H,2-8H2,1H3,(H,15,20). The van der Waals surface area contributed by atoms with E-state index in [0.717, 1.165) is 51.4 Å². The monoisotopic (exact) mass is 291 g/mol. The largest absolute Gasteiger partial charge is 0.481 e. The highest BCUT2D eigenvalue weighted by Crippen LogP contribution is 2.19. The van der Waals surface area contributed by atoms with Crippen LogP contribution in [-0.4, -0.2) is 66.7 Å². The van der Waals surface area contributed by atoms with E-state index in [4.69, 9.17) is 4.74 Å².